The summed E-state index contributed by atoms with van der Waals surface area (Å²) in [5, 5.41) is 9.40. The average Bonchev–Trinajstić information content (AvgIpc) is 3.09. The van der Waals surface area contributed by atoms with Gasteiger partial charge in [-0.2, -0.15) is 4.68 Å². The number of carbonyl (C=O) groups excluding carboxylic acids is 1. The maximum atomic E-state index is 12.4. The topological polar surface area (TPSA) is 86.4 Å². The van der Waals surface area contributed by atoms with E-state index < -0.39 is 5.76 Å². The molecule has 0 spiro atoms. The lowest BCUT2D eigenvalue weighted by Crippen LogP contribution is -2.17. The summed E-state index contributed by atoms with van der Waals surface area (Å²) in [5.41, 5.74) is 1.75. The van der Waals surface area contributed by atoms with Crippen LogP contribution in [0, 0.1) is 0 Å². The second kappa shape index (κ2) is 8.04. The van der Waals surface area contributed by atoms with Gasteiger partial charge in [-0.05, 0) is 29.0 Å². The zero-order valence-corrected chi connectivity index (χ0v) is 17.1. The van der Waals surface area contributed by atoms with Crippen LogP contribution in [0.2, 0.25) is 5.02 Å². The standard InChI is InChI=1S/C22H18ClN3O4/c1-13(27)24-19-11-20(29-2)17(10-18(19)23)12-26-22(28)30-21(25-26)16-8-7-14-5-3-4-6-15(14)9-16/h3-11H,12H2,1-2H3,(H,24,27). The molecular formula is C22H18ClN3O4. The molecule has 0 saturated heterocycles. The molecule has 0 aliphatic rings. The van der Waals surface area contributed by atoms with Crippen LogP contribution >= 0.6 is 11.6 Å². The van der Waals surface area contributed by atoms with Gasteiger partial charge in [-0.15, -0.1) is 5.10 Å². The first-order valence-corrected chi connectivity index (χ1v) is 9.53. The van der Waals surface area contributed by atoms with Gasteiger partial charge in [-0.25, -0.2) is 4.79 Å². The molecule has 7 nitrogen and oxygen atoms in total. The van der Waals surface area contributed by atoms with Crippen molar-refractivity contribution in [1.82, 2.24) is 9.78 Å². The molecule has 1 N–H and O–H groups in total. The van der Waals surface area contributed by atoms with Gasteiger partial charge in [0.25, 0.3) is 0 Å². The molecule has 0 unspecified atom stereocenters. The Hall–Kier alpha value is -3.58. The third-order valence-corrected chi connectivity index (χ3v) is 4.92. The highest BCUT2D eigenvalue weighted by molar-refractivity contribution is 6.33. The van der Waals surface area contributed by atoms with Crippen LogP contribution in [0.5, 0.6) is 5.75 Å². The largest absolute Gasteiger partial charge is 0.496 e. The Kier molecular flexibility index (Phi) is 5.29. The smallest absolute Gasteiger partial charge is 0.437 e. The number of halogens is 1. The summed E-state index contributed by atoms with van der Waals surface area (Å²) < 4.78 is 12.0. The van der Waals surface area contributed by atoms with Gasteiger partial charge < -0.3 is 14.5 Å². The maximum absolute atomic E-state index is 12.4. The van der Waals surface area contributed by atoms with Crippen LogP contribution < -0.4 is 15.8 Å². The third-order valence-electron chi connectivity index (χ3n) is 4.60. The van der Waals surface area contributed by atoms with E-state index in [1.807, 2.05) is 42.5 Å². The maximum Gasteiger partial charge on any atom is 0.437 e. The van der Waals surface area contributed by atoms with Gasteiger partial charge in [-0.3, -0.25) is 4.79 Å². The molecule has 0 bridgehead atoms. The van der Waals surface area contributed by atoms with Crippen LogP contribution in [0.3, 0.4) is 0 Å². The number of nitrogens with one attached hydrogen (secondary N) is 1. The minimum absolute atomic E-state index is 0.0964. The van der Waals surface area contributed by atoms with E-state index in [1.165, 1.54) is 18.7 Å². The lowest BCUT2D eigenvalue weighted by atomic mass is 10.1. The third kappa shape index (κ3) is 3.92. The number of hydrogen-bond acceptors (Lipinski definition) is 5. The van der Waals surface area contributed by atoms with Gasteiger partial charge in [0, 0.05) is 24.1 Å². The lowest BCUT2D eigenvalue weighted by Gasteiger charge is -2.12. The number of benzene rings is 3. The Morgan fingerprint density at radius 2 is 1.93 bits per heavy atom. The van der Waals surface area contributed by atoms with Crippen molar-refractivity contribution < 1.29 is 13.9 Å². The molecule has 3 aromatic carbocycles. The SMILES string of the molecule is COc1cc(NC(C)=O)c(Cl)cc1Cn1nc(-c2ccc3ccccc3c2)oc1=O. The molecule has 0 aliphatic heterocycles. The highest BCUT2D eigenvalue weighted by atomic mass is 35.5. The van der Waals surface area contributed by atoms with Gasteiger partial charge in [0.05, 0.1) is 24.4 Å². The Morgan fingerprint density at radius 1 is 1.17 bits per heavy atom. The molecular weight excluding hydrogens is 406 g/mol. The highest BCUT2D eigenvalue weighted by Crippen LogP contribution is 2.31. The van der Waals surface area contributed by atoms with Crippen LogP contribution in [0.15, 0.2) is 63.8 Å². The Morgan fingerprint density at radius 3 is 2.67 bits per heavy atom. The quantitative estimate of drug-likeness (QED) is 0.516. The summed E-state index contributed by atoms with van der Waals surface area (Å²) in [6.07, 6.45) is 0. The first-order chi connectivity index (χ1) is 14.4. The minimum atomic E-state index is -0.595. The molecule has 1 aromatic heterocycles. The molecule has 0 saturated carbocycles. The van der Waals surface area contributed by atoms with Gasteiger partial charge >= 0.3 is 5.76 Å². The number of rotatable bonds is 5. The van der Waals surface area contributed by atoms with Crippen molar-refractivity contribution in [1.29, 1.82) is 0 Å². The second-order valence-electron chi connectivity index (χ2n) is 6.72. The van der Waals surface area contributed by atoms with Crippen molar-refractivity contribution in [3.8, 4) is 17.2 Å². The number of aromatic nitrogens is 2. The van der Waals surface area contributed by atoms with E-state index in [2.05, 4.69) is 10.4 Å². The molecule has 4 rings (SSSR count). The molecule has 0 radical (unpaired) electrons. The fourth-order valence-electron chi connectivity index (χ4n) is 3.20. The Balaban J connectivity index is 1.67. The molecule has 1 amide bonds. The van der Waals surface area contributed by atoms with E-state index in [4.69, 9.17) is 20.8 Å². The summed E-state index contributed by atoms with van der Waals surface area (Å²) in [4.78, 5) is 23.7. The molecule has 0 fully saturated rings. The predicted molar refractivity (Wildman–Crippen MR) is 115 cm³/mol. The summed E-state index contributed by atoms with van der Waals surface area (Å²) in [5.74, 6) is -0.155. The number of amides is 1. The monoisotopic (exact) mass is 423 g/mol. The minimum Gasteiger partial charge on any atom is -0.496 e. The normalized spacial score (nSPS) is 10.9. The fraction of sp³-hybridized carbons (Fsp3) is 0.136. The van der Waals surface area contributed by atoms with Crippen LogP contribution in [0.1, 0.15) is 12.5 Å². The van der Waals surface area contributed by atoms with Gasteiger partial charge in [0.15, 0.2) is 0 Å². The Bertz CT molecular complexity index is 1310. The van der Waals surface area contributed by atoms with Crippen LogP contribution in [0.4, 0.5) is 5.69 Å². The summed E-state index contributed by atoms with van der Waals surface area (Å²) in [6.45, 7) is 1.49. The number of fused-ring (bicyclic) bond motifs is 1. The molecule has 8 heteroatoms. The van der Waals surface area contributed by atoms with Crippen LogP contribution in [-0.2, 0) is 11.3 Å². The average molecular weight is 424 g/mol. The molecule has 152 valence electrons. The zero-order valence-electron chi connectivity index (χ0n) is 16.3. The van der Waals surface area contributed by atoms with Crippen molar-refractivity contribution in [3.05, 3.63) is 75.7 Å². The molecule has 0 atom stereocenters. The van der Waals surface area contributed by atoms with E-state index >= 15 is 0 Å². The van der Waals surface area contributed by atoms with E-state index in [0.29, 0.717) is 27.6 Å². The summed E-state index contributed by atoms with van der Waals surface area (Å²) in [7, 11) is 1.50. The second-order valence-corrected chi connectivity index (χ2v) is 7.12. The summed E-state index contributed by atoms with van der Waals surface area (Å²) >= 11 is 6.26. The van der Waals surface area contributed by atoms with E-state index in [9.17, 15) is 9.59 Å². The van der Waals surface area contributed by atoms with E-state index in [1.54, 1.807) is 12.1 Å². The molecule has 30 heavy (non-hydrogen) atoms. The number of nitrogens with zero attached hydrogens (tertiary/aromatic N) is 2. The van der Waals surface area contributed by atoms with E-state index in [-0.39, 0.29) is 18.3 Å². The molecule has 4 aromatic rings. The van der Waals surface area contributed by atoms with Crippen molar-refractivity contribution in [2.24, 2.45) is 0 Å². The molecule has 0 aliphatic carbocycles. The predicted octanol–water partition coefficient (Wildman–Crippen LogP) is 4.33. The number of hydrogen-bond donors (Lipinski definition) is 1. The van der Waals surface area contributed by atoms with Gasteiger partial charge in [-0.1, -0.05) is 41.9 Å². The van der Waals surface area contributed by atoms with Crippen molar-refractivity contribution in [3.63, 3.8) is 0 Å². The van der Waals surface area contributed by atoms with Gasteiger partial charge in [0.2, 0.25) is 11.8 Å². The number of anilines is 1. The van der Waals surface area contributed by atoms with Gasteiger partial charge in [0.1, 0.15) is 5.75 Å². The van der Waals surface area contributed by atoms with E-state index in [0.717, 1.165) is 10.8 Å². The molecule has 1 heterocycles. The van der Waals surface area contributed by atoms with Crippen molar-refractivity contribution >= 4 is 34.0 Å². The number of carbonyl (C=O) groups is 1. The zero-order chi connectivity index (χ0) is 21.3. The van der Waals surface area contributed by atoms with Crippen LogP contribution in [0.25, 0.3) is 22.2 Å². The fourth-order valence-corrected chi connectivity index (χ4v) is 3.43. The first kappa shape index (κ1) is 19.7. The highest BCUT2D eigenvalue weighted by Gasteiger charge is 2.15. The Labute approximate surface area is 176 Å². The van der Waals surface area contributed by atoms with Crippen LogP contribution in [-0.4, -0.2) is 22.8 Å². The number of ether oxygens (including phenoxy) is 1. The summed E-state index contributed by atoms with van der Waals surface area (Å²) in [6, 6.07) is 16.9. The van der Waals surface area contributed by atoms with Crippen molar-refractivity contribution in [2.75, 3.05) is 12.4 Å². The lowest BCUT2D eigenvalue weighted by molar-refractivity contribution is -0.114. The first-order valence-electron chi connectivity index (χ1n) is 9.15. The number of methoxy groups -OCH3 is 1. The van der Waals surface area contributed by atoms with Crippen molar-refractivity contribution in [2.45, 2.75) is 13.5 Å².